The number of hydrogen-bond acceptors (Lipinski definition) is 3. The highest BCUT2D eigenvalue weighted by atomic mass is 16.1. The fourth-order valence-electron chi connectivity index (χ4n) is 2.29. The number of isocyanates is 1. The Morgan fingerprint density at radius 1 is 1.35 bits per heavy atom. The molecular weight excluding hydrogens is 212 g/mol. The molecule has 3 rings (SSSR count). The first kappa shape index (κ1) is 10.2. The summed E-state index contributed by atoms with van der Waals surface area (Å²) in [4.78, 5) is 18.7. The van der Waals surface area contributed by atoms with Crippen molar-refractivity contribution in [1.29, 1.82) is 0 Å². The van der Waals surface area contributed by atoms with Crippen LogP contribution in [0, 0.1) is 6.92 Å². The van der Waals surface area contributed by atoms with E-state index in [2.05, 4.69) is 22.1 Å². The molecule has 0 amide bonds. The number of hydrogen-bond donors (Lipinski definition) is 0. The zero-order valence-electron chi connectivity index (χ0n) is 9.60. The Hall–Kier alpha value is -1.99. The predicted octanol–water partition coefficient (Wildman–Crippen LogP) is 2.87. The first-order chi connectivity index (χ1) is 8.25. The topological polar surface area (TPSA) is 42.3 Å². The Balaban J connectivity index is 2.18. The van der Waals surface area contributed by atoms with Gasteiger partial charge in [0.2, 0.25) is 6.08 Å². The molecule has 1 aliphatic rings. The van der Waals surface area contributed by atoms with Gasteiger partial charge in [0.1, 0.15) is 0 Å². The summed E-state index contributed by atoms with van der Waals surface area (Å²) in [5.41, 5.74) is 1.85. The number of aliphatic imine (C=N–C) groups is 1. The van der Waals surface area contributed by atoms with Crippen LogP contribution < -0.4 is 0 Å². The Bertz CT molecular complexity index is 638. The Morgan fingerprint density at radius 2 is 2.18 bits per heavy atom. The fraction of sp³-hybridized carbons (Fsp3) is 0.286. The van der Waals surface area contributed by atoms with Crippen LogP contribution in [0.25, 0.3) is 10.8 Å². The zero-order chi connectivity index (χ0) is 11.9. The van der Waals surface area contributed by atoms with Gasteiger partial charge in [-0.25, -0.2) is 4.79 Å². The van der Waals surface area contributed by atoms with Gasteiger partial charge in [-0.3, -0.25) is 4.98 Å². The van der Waals surface area contributed by atoms with Gasteiger partial charge in [0.15, 0.2) is 0 Å². The number of rotatable bonds is 2. The van der Waals surface area contributed by atoms with Gasteiger partial charge in [-0.2, -0.15) is 4.99 Å². The van der Waals surface area contributed by atoms with Gasteiger partial charge in [0.25, 0.3) is 0 Å². The predicted molar refractivity (Wildman–Crippen MR) is 65.5 cm³/mol. The SMILES string of the molecule is Cc1nccc2cc(C3(N=C=O)CC3)ccc12. The second kappa shape index (κ2) is 3.51. The molecule has 1 saturated carbocycles. The van der Waals surface area contributed by atoms with E-state index in [1.54, 1.807) is 6.08 Å². The molecule has 0 saturated heterocycles. The minimum Gasteiger partial charge on any atom is -0.261 e. The average Bonchev–Trinajstić information content (AvgIpc) is 3.11. The summed E-state index contributed by atoms with van der Waals surface area (Å²) in [7, 11) is 0. The van der Waals surface area contributed by atoms with E-state index in [0.29, 0.717) is 0 Å². The maximum Gasteiger partial charge on any atom is 0.235 e. The van der Waals surface area contributed by atoms with E-state index in [9.17, 15) is 4.79 Å². The van der Waals surface area contributed by atoms with Gasteiger partial charge in [-0.15, -0.1) is 0 Å². The van der Waals surface area contributed by atoms with E-state index >= 15 is 0 Å². The highest BCUT2D eigenvalue weighted by Gasteiger charge is 2.44. The molecule has 3 heteroatoms. The lowest BCUT2D eigenvalue weighted by Crippen LogP contribution is -2.02. The van der Waals surface area contributed by atoms with Crippen molar-refractivity contribution in [3.63, 3.8) is 0 Å². The quantitative estimate of drug-likeness (QED) is 0.581. The number of aromatic nitrogens is 1. The Kier molecular flexibility index (Phi) is 2.10. The van der Waals surface area contributed by atoms with Crippen molar-refractivity contribution in [2.45, 2.75) is 25.3 Å². The summed E-state index contributed by atoms with van der Waals surface area (Å²) in [6.45, 7) is 2.00. The molecule has 0 atom stereocenters. The molecular formula is C14H12N2O. The summed E-state index contributed by atoms with van der Waals surface area (Å²) in [6, 6.07) is 8.21. The van der Waals surface area contributed by atoms with Gasteiger partial charge in [0, 0.05) is 17.3 Å². The second-order valence-electron chi connectivity index (χ2n) is 4.57. The molecule has 0 spiro atoms. The first-order valence-corrected chi connectivity index (χ1v) is 5.70. The number of aryl methyl sites for hydroxylation is 1. The van der Waals surface area contributed by atoms with Gasteiger partial charge in [-0.05, 0) is 42.8 Å². The van der Waals surface area contributed by atoms with Crippen LogP contribution in [0.5, 0.6) is 0 Å². The van der Waals surface area contributed by atoms with Gasteiger partial charge in [-0.1, -0.05) is 12.1 Å². The molecule has 1 fully saturated rings. The molecule has 0 N–H and O–H groups in total. The molecule has 0 bridgehead atoms. The lowest BCUT2D eigenvalue weighted by molar-refractivity contribution is 0.556. The van der Waals surface area contributed by atoms with Crippen LogP contribution in [-0.2, 0) is 10.3 Å². The summed E-state index contributed by atoms with van der Waals surface area (Å²) in [5.74, 6) is 0. The van der Waals surface area contributed by atoms with E-state index < -0.39 is 0 Å². The fourth-order valence-corrected chi connectivity index (χ4v) is 2.29. The number of carbonyl (C=O) groups excluding carboxylic acids is 1. The van der Waals surface area contributed by atoms with Gasteiger partial charge < -0.3 is 0 Å². The van der Waals surface area contributed by atoms with Crippen LogP contribution in [-0.4, -0.2) is 11.1 Å². The standard InChI is InChI=1S/C14H12N2O/c1-10-13-3-2-12(8-11(13)4-7-15-10)14(5-6-14)16-9-17/h2-4,7-8H,5-6H2,1H3. The van der Waals surface area contributed by atoms with Crippen molar-refractivity contribution in [2.24, 2.45) is 4.99 Å². The highest BCUT2D eigenvalue weighted by molar-refractivity contribution is 5.85. The molecule has 2 aromatic rings. The molecule has 1 aliphatic carbocycles. The van der Waals surface area contributed by atoms with Crippen molar-refractivity contribution < 1.29 is 4.79 Å². The third-order valence-electron chi connectivity index (χ3n) is 3.48. The maximum atomic E-state index is 10.4. The van der Waals surface area contributed by atoms with Crippen molar-refractivity contribution in [1.82, 2.24) is 4.98 Å². The van der Waals surface area contributed by atoms with E-state index in [4.69, 9.17) is 0 Å². The summed E-state index contributed by atoms with van der Waals surface area (Å²) >= 11 is 0. The van der Waals surface area contributed by atoms with Crippen LogP contribution in [0.1, 0.15) is 24.1 Å². The van der Waals surface area contributed by atoms with E-state index in [1.807, 2.05) is 25.3 Å². The molecule has 84 valence electrons. The van der Waals surface area contributed by atoms with Crippen molar-refractivity contribution in [2.75, 3.05) is 0 Å². The third-order valence-corrected chi connectivity index (χ3v) is 3.48. The van der Waals surface area contributed by atoms with Crippen LogP contribution in [0.3, 0.4) is 0 Å². The monoisotopic (exact) mass is 224 g/mol. The van der Waals surface area contributed by atoms with Crippen molar-refractivity contribution in [3.8, 4) is 0 Å². The molecule has 0 radical (unpaired) electrons. The smallest absolute Gasteiger partial charge is 0.235 e. The third kappa shape index (κ3) is 1.56. The highest BCUT2D eigenvalue weighted by Crippen LogP contribution is 2.49. The van der Waals surface area contributed by atoms with Crippen LogP contribution in [0.4, 0.5) is 0 Å². The van der Waals surface area contributed by atoms with E-state index in [1.165, 1.54) is 0 Å². The van der Waals surface area contributed by atoms with Crippen molar-refractivity contribution >= 4 is 16.9 Å². The lowest BCUT2D eigenvalue weighted by atomic mass is 10.0. The Labute approximate surface area is 99.2 Å². The van der Waals surface area contributed by atoms with E-state index in [0.717, 1.165) is 34.9 Å². The minimum absolute atomic E-state index is 0.285. The summed E-state index contributed by atoms with van der Waals surface area (Å²) in [5, 5.41) is 2.31. The average molecular weight is 224 g/mol. The molecule has 3 nitrogen and oxygen atoms in total. The molecule has 17 heavy (non-hydrogen) atoms. The number of fused-ring (bicyclic) bond motifs is 1. The largest absolute Gasteiger partial charge is 0.261 e. The number of nitrogens with zero attached hydrogens (tertiary/aromatic N) is 2. The molecule has 1 aromatic carbocycles. The maximum absolute atomic E-state index is 10.4. The number of benzene rings is 1. The first-order valence-electron chi connectivity index (χ1n) is 5.70. The van der Waals surface area contributed by atoms with Crippen LogP contribution in [0.2, 0.25) is 0 Å². The van der Waals surface area contributed by atoms with Gasteiger partial charge >= 0.3 is 0 Å². The second-order valence-corrected chi connectivity index (χ2v) is 4.57. The molecule has 0 unspecified atom stereocenters. The molecule has 1 heterocycles. The molecule has 1 aromatic heterocycles. The summed E-state index contributed by atoms with van der Waals surface area (Å²) in [6.07, 6.45) is 5.39. The number of pyridine rings is 1. The zero-order valence-corrected chi connectivity index (χ0v) is 9.60. The van der Waals surface area contributed by atoms with Crippen LogP contribution >= 0.6 is 0 Å². The Morgan fingerprint density at radius 3 is 2.88 bits per heavy atom. The normalized spacial score (nSPS) is 16.5. The lowest BCUT2D eigenvalue weighted by Gasteiger charge is -2.09. The van der Waals surface area contributed by atoms with E-state index in [-0.39, 0.29) is 5.54 Å². The summed E-state index contributed by atoms with van der Waals surface area (Å²) < 4.78 is 0. The van der Waals surface area contributed by atoms with Crippen molar-refractivity contribution in [3.05, 3.63) is 41.7 Å². The van der Waals surface area contributed by atoms with Gasteiger partial charge in [0.05, 0.1) is 5.54 Å². The van der Waals surface area contributed by atoms with Crippen LogP contribution in [0.15, 0.2) is 35.5 Å². The molecule has 0 aliphatic heterocycles. The minimum atomic E-state index is -0.285.